The van der Waals surface area contributed by atoms with Gasteiger partial charge in [-0.1, -0.05) is 20.8 Å². The molecule has 0 aliphatic carbocycles. The van der Waals surface area contributed by atoms with Crippen molar-refractivity contribution in [2.45, 2.75) is 45.1 Å². The van der Waals surface area contributed by atoms with E-state index in [1.165, 1.54) is 22.6 Å². The first-order valence-corrected chi connectivity index (χ1v) is 10.6. The zero-order valence-corrected chi connectivity index (χ0v) is 17.3. The number of aromatic nitrogens is 1. The van der Waals surface area contributed by atoms with Gasteiger partial charge < -0.3 is 9.88 Å². The largest absolute Gasteiger partial charge is 0.350 e. The number of hydrogen-bond acceptors (Lipinski definition) is 4. The molecule has 0 aliphatic rings. The van der Waals surface area contributed by atoms with Gasteiger partial charge in [0.2, 0.25) is 15.5 Å². The molecule has 0 radical (unpaired) electrons. The minimum Gasteiger partial charge on any atom is -0.350 e. The van der Waals surface area contributed by atoms with Gasteiger partial charge in [-0.05, 0) is 31.5 Å². The second kappa shape index (κ2) is 8.22. The Morgan fingerprint density at radius 2 is 1.85 bits per heavy atom. The highest BCUT2D eigenvalue weighted by Gasteiger charge is 2.23. The van der Waals surface area contributed by atoms with Crippen LogP contribution in [0.15, 0.2) is 34.1 Å². The fraction of sp³-hybridized carbons (Fsp3) is 0.474. The lowest BCUT2D eigenvalue weighted by molar-refractivity contribution is 0.0937. The van der Waals surface area contributed by atoms with Crippen LogP contribution in [0, 0.1) is 0 Å². The Hall–Kier alpha value is -2.19. The van der Waals surface area contributed by atoms with E-state index in [0.717, 1.165) is 6.42 Å². The molecule has 148 valence electrons. The van der Waals surface area contributed by atoms with Crippen molar-refractivity contribution in [3.63, 3.8) is 0 Å². The van der Waals surface area contributed by atoms with Crippen LogP contribution < -0.4 is 10.7 Å². The number of nitrogens with zero attached hydrogens (tertiary/aromatic N) is 2. The summed E-state index contributed by atoms with van der Waals surface area (Å²) in [5, 5.41) is 2.99. The molecule has 1 heterocycles. The van der Waals surface area contributed by atoms with Crippen molar-refractivity contribution in [2.75, 3.05) is 13.1 Å². The van der Waals surface area contributed by atoms with Crippen LogP contribution in [0.3, 0.4) is 0 Å². The molecule has 1 aromatic carbocycles. The summed E-state index contributed by atoms with van der Waals surface area (Å²) in [6.07, 6.45) is 2.23. The minimum atomic E-state index is -3.69. The molecule has 0 fully saturated rings. The number of sulfonamides is 1. The van der Waals surface area contributed by atoms with Crippen molar-refractivity contribution < 1.29 is 13.2 Å². The van der Waals surface area contributed by atoms with Gasteiger partial charge in [-0.2, -0.15) is 4.31 Å². The fourth-order valence-electron chi connectivity index (χ4n) is 2.91. The number of carbonyl (C=O) groups excluding carboxylic acids is 1. The maximum absolute atomic E-state index is 12.9. The van der Waals surface area contributed by atoms with Crippen LogP contribution in [0.25, 0.3) is 10.9 Å². The topological polar surface area (TPSA) is 88.5 Å². The number of rotatable bonds is 7. The van der Waals surface area contributed by atoms with Gasteiger partial charge in [-0.25, -0.2) is 8.42 Å². The van der Waals surface area contributed by atoms with Crippen molar-refractivity contribution in [3.8, 4) is 0 Å². The zero-order chi connectivity index (χ0) is 20.4. The van der Waals surface area contributed by atoms with Gasteiger partial charge in [0.15, 0.2) is 0 Å². The Morgan fingerprint density at radius 3 is 2.41 bits per heavy atom. The summed E-state index contributed by atoms with van der Waals surface area (Å²) >= 11 is 0. The molecule has 27 heavy (non-hydrogen) atoms. The Balaban J connectivity index is 2.65. The molecule has 0 aliphatic heterocycles. The first-order valence-electron chi connectivity index (χ1n) is 9.11. The standard InChI is InChI=1S/C19H27N3O4S/c1-6-13(4)20-19(24)16-12-21(5)17-10-9-14(11-15(17)18(16)23)27(25,26)22(7-2)8-3/h9-13H,6-8H2,1-5H3,(H,20,24)/t13-/m0/s1. The first-order chi connectivity index (χ1) is 12.7. The molecule has 8 heteroatoms. The summed E-state index contributed by atoms with van der Waals surface area (Å²) in [5.41, 5.74) is 0.0989. The first kappa shape index (κ1) is 21.1. The third kappa shape index (κ3) is 4.06. The second-order valence-electron chi connectivity index (χ2n) is 6.53. The molecule has 0 saturated carbocycles. The lowest BCUT2D eigenvalue weighted by Gasteiger charge is -2.19. The molecule has 1 N–H and O–H groups in total. The van der Waals surface area contributed by atoms with Crippen molar-refractivity contribution in [2.24, 2.45) is 7.05 Å². The number of carbonyl (C=O) groups is 1. The van der Waals surface area contributed by atoms with E-state index in [2.05, 4.69) is 5.32 Å². The summed E-state index contributed by atoms with van der Waals surface area (Å²) in [6.45, 7) is 8.00. The summed E-state index contributed by atoms with van der Waals surface area (Å²) < 4.78 is 28.5. The van der Waals surface area contributed by atoms with Gasteiger partial charge in [-0.3, -0.25) is 9.59 Å². The molecule has 0 unspecified atom stereocenters. The van der Waals surface area contributed by atoms with Gasteiger partial charge >= 0.3 is 0 Å². The SMILES string of the molecule is CC[C@H](C)NC(=O)c1cn(C)c2ccc(S(=O)(=O)N(CC)CC)cc2c1=O. The molecule has 1 atom stereocenters. The normalized spacial score (nSPS) is 13.1. The fourth-order valence-corrected chi connectivity index (χ4v) is 4.39. The molecule has 1 amide bonds. The minimum absolute atomic E-state index is 0.00249. The average molecular weight is 394 g/mol. The van der Waals surface area contributed by atoms with E-state index < -0.39 is 21.4 Å². The number of benzene rings is 1. The Bertz CT molecular complexity index is 1010. The smallest absolute Gasteiger partial charge is 0.256 e. The van der Waals surface area contributed by atoms with E-state index >= 15 is 0 Å². The van der Waals surface area contributed by atoms with Crippen molar-refractivity contribution in [1.82, 2.24) is 14.2 Å². The van der Waals surface area contributed by atoms with Crippen LogP contribution in [0.5, 0.6) is 0 Å². The summed E-state index contributed by atoms with van der Waals surface area (Å²) in [4.78, 5) is 25.4. The second-order valence-corrected chi connectivity index (χ2v) is 8.47. The number of hydrogen-bond donors (Lipinski definition) is 1. The van der Waals surface area contributed by atoms with Crippen molar-refractivity contribution >= 4 is 26.8 Å². The molecule has 1 aromatic heterocycles. The summed E-state index contributed by atoms with van der Waals surface area (Å²) in [7, 11) is -1.97. The zero-order valence-electron chi connectivity index (χ0n) is 16.4. The van der Waals surface area contributed by atoms with Crippen LogP contribution in [0.1, 0.15) is 44.5 Å². The molecule has 7 nitrogen and oxygen atoms in total. The highest BCUT2D eigenvalue weighted by Crippen LogP contribution is 2.20. The van der Waals surface area contributed by atoms with Crippen LogP contribution >= 0.6 is 0 Å². The quantitative estimate of drug-likeness (QED) is 0.780. The summed E-state index contributed by atoms with van der Waals surface area (Å²) in [5.74, 6) is -0.455. The number of nitrogens with one attached hydrogen (secondary N) is 1. The van der Waals surface area contributed by atoms with E-state index in [-0.39, 0.29) is 21.9 Å². The maximum Gasteiger partial charge on any atom is 0.256 e. The van der Waals surface area contributed by atoms with Crippen molar-refractivity contribution in [1.29, 1.82) is 0 Å². The maximum atomic E-state index is 12.9. The van der Waals surface area contributed by atoms with E-state index in [0.29, 0.717) is 18.6 Å². The van der Waals surface area contributed by atoms with Gasteiger partial charge in [0.25, 0.3) is 5.91 Å². The van der Waals surface area contributed by atoms with E-state index in [9.17, 15) is 18.0 Å². The lowest BCUT2D eigenvalue weighted by atomic mass is 10.1. The molecular weight excluding hydrogens is 366 g/mol. The van der Waals surface area contributed by atoms with Gasteiger partial charge in [0.05, 0.1) is 10.4 Å². The lowest BCUT2D eigenvalue weighted by Crippen LogP contribution is -2.35. The number of aryl methyl sites for hydroxylation is 1. The predicted molar refractivity (Wildman–Crippen MR) is 107 cm³/mol. The Morgan fingerprint density at radius 1 is 1.22 bits per heavy atom. The molecular formula is C19H27N3O4S. The third-order valence-electron chi connectivity index (χ3n) is 4.74. The van der Waals surface area contributed by atoms with E-state index in [1.807, 2.05) is 13.8 Å². The number of pyridine rings is 1. The summed E-state index contributed by atoms with van der Waals surface area (Å²) in [6, 6.07) is 4.40. The monoisotopic (exact) mass is 393 g/mol. The van der Waals surface area contributed by atoms with Gasteiger partial charge in [0.1, 0.15) is 5.56 Å². The Kier molecular flexibility index (Phi) is 6.43. The number of amides is 1. The molecule has 0 saturated heterocycles. The molecule has 2 aromatic rings. The van der Waals surface area contributed by atoms with Crippen LogP contribution in [0.4, 0.5) is 0 Å². The van der Waals surface area contributed by atoms with Gasteiger partial charge in [0, 0.05) is 37.8 Å². The highest BCUT2D eigenvalue weighted by molar-refractivity contribution is 7.89. The Labute approximate surface area is 160 Å². The molecule has 0 bridgehead atoms. The van der Waals surface area contributed by atoms with E-state index in [1.54, 1.807) is 31.5 Å². The van der Waals surface area contributed by atoms with Gasteiger partial charge in [-0.15, -0.1) is 0 Å². The van der Waals surface area contributed by atoms with Crippen LogP contribution in [-0.2, 0) is 17.1 Å². The predicted octanol–water partition coefficient (Wildman–Crippen LogP) is 2.10. The average Bonchev–Trinajstić information content (AvgIpc) is 2.64. The van der Waals surface area contributed by atoms with Crippen molar-refractivity contribution in [3.05, 3.63) is 40.2 Å². The molecule has 2 rings (SSSR count). The highest BCUT2D eigenvalue weighted by atomic mass is 32.2. The molecule has 0 spiro atoms. The van der Waals surface area contributed by atoms with Crippen LogP contribution in [-0.4, -0.2) is 42.3 Å². The van der Waals surface area contributed by atoms with Crippen LogP contribution in [0.2, 0.25) is 0 Å². The third-order valence-corrected chi connectivity index (χ3v) is 6.78. The number of fused-ring (bicyclic) bond motifs is 1. The van der Waals surface area contributed by atoms with E-state index in [4.69, 9.17) is 0 Å².